The minimum Gasteiger partial charge on any atom is -0.313 e. The Kier molecular flexibility index (Phi) is 4.41. The lowest BCUT2D eigenvalue weighted by Gasteiger charge is -2.16. The van der Waals surface area contributed by atoms with E-state index in [0.29, 0.717) is 6.04 Å². The molecule has 1 aromatic carbocycles. The van der Waals surface area contributed by atoms with Gasteiger partial charge in [-0.15, -0.1) is 0 Å². The van der Waals surface area contributed by atoms with E-state index in [2.05, 4.69) is 55.6 Å². The molecule has 0 saturated heterocycles. The van der Waals surface area contributed by atoms with E-state index in [9.17, 15) is 0 Å². The highest BCUT2D eigenvalue weighted by Crippen LogP contribution is 2.09. The molecule has 14 heavy (non-hydrogen) atoms. The van der Waals surface area contributed by atoms with Crippen molar-refractivity contribution in [2.75, 3.05) is 7.05 Å². The molecule has 0 radical (unpaired) electrons. The largest absolute Gasteiger partial charge is 0.313 e. The third-order valence-corrected chi connectivity index (χ3v) is 2.64. The molecule has 1 nitrogen and oxygen atoms in total. The third-order valence-electron chi connectivity index (χ3n) is 2.64. The van der Waals surface area contributed by atoms with Crippen LogP contribution in [0.5, 0.6) is 0 Å². The summed E-state index contributed by atoms with van der Waals surface area (Å²) >= 11 is 0. The van der Waals surface area contributed by atoms with Crippen molar-refractivity contribution in [2.45, 2.75) is 26.3 Å². The van der Waals surface area contributed by atoms with Crippen LogP contribution in [0.1, 0.15) is 19.4 Å². The molecule has 0 heterocycles. The predicted molar refractivity (Wildman–Crippen MR) is 62.4 cm³/mol. The summed E-state index contributed by atoms with van der Waals surface area (Å²) in [5, 5.41) is 3.33. The van der Waals surface area contributed by atoms with Gasteiger partial charge in [0.05, 0.1) is 0 Å². The van der Waals surface area contributed by atoms with Gasteiger partial charge in [-0.1, -0.05) is 42.0 Å². The summed E-state index contributed by atoms with van der Waals surface area (Å²) in [7, 11) is 2.01. The minimum absolute atomic E-state index is 0.461. The van der Waals surface area contributed by atoms with Crippen LogP contribution in [0.15, 0.2) is 42.0 Å². The fraction of sp³-hybridized carbons (Fsp3) is 0.385. The zero-order valence-corrected chi connectivity index (χ0v) is 9.25. The number of hydrogen-bond acceptors (Lipinski definition) is 1. The van der Waals surface area contributed by atoms with Crippen molar-refractivity contribution in [3.8, 4) is 0 Å². The Morgan fingerprint density at radius 3 is 2.50 bits per heavy atom. The molecule has 0 spiro atoms. The summed E-state index contributed by atoms with van der Waals surface area (Å²) in [6, 6.07) is 11.0. The number of hydrogen-bond donors (Lipinski definition) is 1. The van der Waals surface area contributed by atoms with Crippen molar-refractivity contribution < 1.29 is 0 Å². The van der Waals surface area contributed by atoms with Gasteiger partial charge in [0.2, 0.25) is 0 Å². The van der Waals surface area contributed by atoms with Crippen LogP contribution in [-0.2, 0) is 6.42 Å². The summed E-state index contributed by atoms with van der Waals surface area (Å²) in [5.74, 6) is 0. The quantitative estimate of drug-likeness (QED) is 0.718. The lowest BCUT2D eigenvalue weighted by Crippen LogP contribution is -2.28. The number of benzene rings is 1. The van der Waals surface area contributed by atoms with E-state index in [-0.39, 0.29) is 0 Å². The predicted octanol–water partition coefficient (Wildman–Crippen LogP) is 2.78. The van der Waals surface area contributed by atoms with Gasteiger partial charge in [-0.25, -0.2) is 0 Å². The molecule has 76 valence electrons. The first-order chi connectivity index (χ1) is 6.77. The summed E-state index contributed by atoms with van der Waals surface area (Å²) in [5.41, 5.74) is 2.78. The lowest BCUT2D eigenvalue weighted by molar-refractivity contribution is 0.631. The first-order valence-corrected chi connectivity index (χ1v) is 5.12. The van der Waals surface area contributed by atoms with Crippen molar-refractivity contribution in [3.63, 3.8) is 0 Å². The molecule has 0 aliphatic heterocycles. The molecule has 0 aromatic heterocycles. The Bertz CT molecular complexity index is 287. The van der Waals surface area contributed by atoms with Crippen molar-refractivity contribution in [2.24, 2.45) is 0 Å². The topological polar surface area (TPSA) is 12.0 Å². The zero-order valence-electron chi connectivity index (χ0n) is 9.25. The van der Waals surface area contributed by atoms with Crippen LogP contribution in [0, 0.1) is 0 Å². The SMILES string of the molecule is C/C=C(\C)C(Cc1ccccc1)NC. The Labute approximate surface area is 86.8 Å². The second-order valence-electron chi connectivity index (χ2n) is 3.56. The van der Waals surface area contributed by atoms with E-state index >= 15 is 0 Å². The van der Waals surface area contributed by atoms with Gasteiger partial charge in [-0.05, 0) is 32.9 Å². The Morgan fingerprint density at radius 1 is 1.36 bits per heavy atom. The lowest BCUT2D eigenvalue weighted by atomic mass is 10.00. The highest BCUT2D eigenvalue weighted by molar-refractivity contribution is 5.19. The fourth-order valence-corrected chi connectivity index (χ4v) is 1.54. The maximum Gasteiger partial charge on any atom is 0.0314 e. The molecule has 1 heteroatoms. The number of rotatable bonds is 4. The Hall–Kier alpha value is -1.08. The minimum atomic E-state index is 0.461. The van der Waals surface area contributed by atoms with Gasteiger partial charge in [0, 0.05) is 6.04 Å². The van der Waals surface area contributed by atoms with Crippen molar-refractivity contribution in [1.29, 1.82) is 0 Å². The highest BCUT2D eigenvalue weighted by Gasteiger charge is 2.07. The monoisotopic (exact) mass is 189 g/mol. The van der Waals surface area contributed by atoms with Gasteiger partial charge in [0.15, 0.2) is 0 Å². The van der Waals surface area contributed by atoms with E-state index in [1.807, 2.05) is 7.05 Å². The number of likely N-dealkylation sites (N-methyl/N-ethyl adjacent to an activating group) is 1. The molecule has 0 saturated carbocycles. The van der Waals surface area contributed by atoms with Crippen LogP contribution in [0.4, 0.5) is 0 Å². The Balaban J connectivity index is 2.67. The van der Waals surface area contributed by atoms with Crippen LogP contribution in [0.25, 0.3) is 0 Å². The summed E-state index contributed by atoms with van der Waals surface area (Å²) in [6.45, 7) is 4.26. The van der Waals surface area contributed by atoms with Gasteiger partial charge >= 0.3 is 0 Å². The molecule has 1 unspecified atom stereocenters. The standard InChI is InChI=1S/C13H19N/c1-4-11(2)13(14-3)10-12-8-6-5-7-9-12/h4-9,13-14H,10H2,1-3H3/b11-4+. The fourth-order valence-electron chi connectivity index (χ4n) is 1.54. The van der Waals surface area contributed by atoms with Crippen LogP contribution in [0.3, 0.4) is 0 Å². The van der Waals surface area contributed by atoms with E-state index in [1.165, 1.54) is 11.1 Å². The molecule has 0 amide bonds. The average Bonchev–Trinajstić information content (AvgIpc) is 2.26. The molecule has 0 aliphatic rings. The van der Waals surface area contributed by atoms with Crippen molar-refractivity contribution >= 4 is 0 Å². The van der Waals surface area contributed by atoms with E-state index in [0.717, 1.165) is 6.42 Å². The molecule has 1 rings (SSSR count). The van der Waals surface area contributed by atoms with Crippen LogP contribution < -0.4 is 5.32 Å². The third kappa shape index (κ3) is 3.00. The zero-order chi connectivity index (χ0) is 10.4. The molecule has 0 bridgehead atoms. The normalized spacial score (nSPS) is 14.1. The molecule has 0 aliphatic carbocycles. The van der Waals surface area contributed by atoms with Crippen molar-refractivity contribution in [1.82, 2.24) is 5.32 Å². The van der Waals surface area contributed by atoms with Gasteiger partial charge < -0.3 is 5.32 Å². The molecule has 1 atom stereocenters. The van der Waals surface area contributed by atoms with Crippen LogP contribution in [0.2, 0.25) is 0 Å². The van der Waals surface area contributed by atoms with Gasteiger partial charge in [-0.3, -0.25) is 0 Å². The van der Waals surface area contributed by atoms with Gasteiger partial charge in [-0.2, -0.15) is 0 Å². The maximum absolute atomic E-state index is 3.33. The summed E-state index contributed by atoms with van der Waals surface area (Å²) in [6.07, 6.45) is 3.23. The van der Waals surface area contributed by atoms with E-state index in [4.69, 9.17) is 0 Å². The summed E-state index contributed by atoms with van der Waals surface area (Å²) < 4.78 is 0. The first-order valence-electron chi connectivity index (χ1n) is 5.12. The van der Waals surface area contributed by atoms with Gasteiger partial charge in [0.25, 0.3) is 0 Å². The molecule has 0 fully saturated rings. The molecule has 1 aromatic rings. The van der Waals surface area contributed by atoms with E-state index < -0.39 is 0 Å². The number of nitrogens with one attached hydrogen (secondary N) is 1. The highest BCUT2D eigenvalue weighted by atomic mass is 14.9. The Morgan fingerprint density at radius 2 is 2.00 bits per heavy atom. The second-order valence-corrected chi connectivity index (χ2v) is 3.56. The first kappa shape index (κ1) is 11.0. The molecular weight excluding hydrogens is 170 g/mol. The van der Waals surface area contributed by atoms with Crippen LogP contribution in [-0.4, -0.2) is 13.1 Å². The second kappa shape index (κ2) is 5.61. The van der Waals surface area contributed by atoms with E-state index in [1.54, 1.807) is 0 Å². The molecular formula is C13H19N. The van der Waals surface area contributed by atoms with Crippen molar-refractivity contribution in [3.05, 3.63) is 47.5 Å². The molecule has 1 N–H and O–H groups in total. The average molecular weight is 189 g/mol. The van der Waals surface area contributed by atoms with Gasteiger partial charge in [0.1, 0.15) is 0 Å². The smallest absolute Gasteiger partial charge is 0.0314 e. The number of allylic oxidation sites excluding steroid dienone is 1. The summed E-state index contributed by atoms with van der Waals surface area (Å²) in [4.78, 5) is 0. The maximum atomic E-state index is 3.33. The van der Waals surface area contributed by atoms with Crippen LogP contribution >= 0.6 is 0 Å².